The third-order valence-corrected chi connectivity index (χ3v) is 11.8. The van der Waals surface area contributed by atoms with Crippen LogP contribution in [-0.2, 0) is 12.4 Å². The molecule has 36 heavy (non-hydrogen) atoms. The summed E-state index contributed by atoms with van der Waals surface area (Å²) in [6.45, 7) is 0. The minimum absolute atomic E-state index is 0.0788. The van der Waals surface area contributed by atoms with Gasteiger partial charge in [0.05, 0.1) is 0 Å². The Morgan fingerprint density at radius 3 is 1.08 bits per heavy atom. The minimum atomic E-state index is -4.36. The van der Waals surface area contributed by atoms with Gasteiger partial charge in [-0.1, -0.05) is 0 Å². The van der Waals surface area contributed by atoms with Crippen LogP contribution < -0.4 is 0 Å². The van der Waals surface area contributed by atoms with E-state index < -0.39 is 23.5 Å². The van der Waals surface area contributed by atoms with E-state index in [2.05, 4.69) is 24.3 Å². The molecule has 0 radical (unpaired) electrons. The van der Waals surface area contributed by atoms with Gasteiger partial charge < -0.3 is 0 Å². The van der Waals surface area contributed by atoms with Gasteiger partial charge in [0.2, 0.25) is 0 Å². The second-order valence-corrected chi connectivity index (χ2v) is 12.8. The van der Waals surface area contributed by atoms with Crippen molar-refractivity contribution in [2.75, 3.05) is 0 Å². The van der Waals surface area contributed by atoms with E-state index in [1.165, 1.54) is 52.1 Å². The SMILES string of the molecule is FC(F)(F)c1ccc(-c2ccc3c(c2)[se]c2c4ccc(-c5ccc(C(F)(F)F)cc5)cc4[se]c32)cc1. The molecule has 0 saturated carbocycles. The molecule has 0 aliphatic heterocycles. The van der Waals surface area contributed by atoms with E-state index in [4.69, 9.17) is 0 Å². The first-order valence-corrected chi connectivity index (χ1v) is 14.2. The molecule has 2 heterocycles. The number of halogens is 6. The second-order valence-electron chi connectivity index (χ2n) is 8.43. The zero-order chi connectivity index (χ0) is 25.2. The van der Waals surface area contributed by atoms with Crippen LogP contribution >= 0.6 is 0 Å². The zero-order valence-corrected chi connectivity index (χ0v) is 21.6. The van der Waals surface area contributed by atoms with E-state index in [0.29, 0.717) is 0 Å². The summed E-state index contributed by atoms with van der Waals surface area (Å²) in [7, 11) is 0. The van der Waals surface area contributed by atoms with Gasteiger partial charge in [-0.05, 0) is 0 Å². The third kappa shape index (κ3) is 4.12. The molecule has 0 atom stereocenters. The molecular weight excluding hydrogens is 608 g/mol. The number of benzene rings is 4. The van der Waals surface area contributed by atoms with Gasteiger partial charge in [-0.25, -0.2) is 0 Å². The van der Waals surface area contributed by atoms with E-state index in [9.17, 15) is 26.3 Å². The third-order valence-electron chi connectivity index (χ3n) is 6.17. The van der Waals surface area contributed by atoms with Crippen LogP contribution in [0.5, 0.6) is 0 Å². The van der Waals surface area contributed by atoms with Crippen molar-refractivity contribution in [1.29, 1.82) is 0 Å². The fraction of sp³-hybridized carbons (Fsp3) is 0.0714. The Morgan fingerprint density at radius 1 is 0.417 bits per heavy atom. The summed E-state index contributed by atoms with van der Waals surface area (Å²) in [5.41, 5.74) is 1.98. The monoisotopic (exact) mass is 624 g/mol. The average Bonchev–Trinajstić information content (AvgIpc) is 3.38. The van der Waals surface area contributed by atoms with Gasteiger partial charge in [0.1, 0.15) is 0 Å². The molecule has 8 heteroatoms. The second kappa shape index (κ2) is 8.39. The molecule has 0 amide bonds. The fourth-order valence-electron chi connectivity index (χ4n) is 4.32. The molecule has 0 N–H and O–H groups in total. The van der Waals surface area contributed by atoms with Crippen molar-refractivity contribution in [3.63, 3.8) is 0 Å². The number of hydrogen-bond acceptors (Lipinski definition) is 0. The predicted octanol–water partition coefficient (Wildman–Crippen LogP) is 8.63. The molecule has 0 nitrogen and oxygen atoms in total. The summed E-state index contributed by atoms with van der Waals surface area (Å²) in [5.74, 6) is 0. The van der Waals surface area contributed by atoms with Crippen LogP contribution in [-0.4, -0.2) is 29.0 Å². The first kappa shape index (κ1) is 23.6. The van der Waals surface area contributed by atoms with Crippen molar-refractivity contribution >= 4 is 56.8 Å². The van der Waals surface area contributed by atoms with Crippen molar-refractivity contribution < 1.29 is 26.3 Å². The molecule has 180 valence electrons. The molecule has 2 aromatic heterocycles. The summed E-state index contributed by atoms with van der Waals surface area (Å²) >= 11 is 0.158. The van der Waals surface area contributed by atoms with Crippen LogP contribution in [0.25, 0.3) is 50.1 Å². The van der Waals surface area contributed by atoms with Gasteiger partial charge >= 0.3 is 214 Å². The van der Waals surface area contributed by atoms with Crippen LogP contribution in [0, 0.1) is 0 Å². The van der Waals surface area contributed by atoms with Crippen molar-refractivity contribution in [1.82, 2.24) is 0 Å². The summed E-state index contributed by atoms with van der Waals surface area (Å²) < 4.78 is 82.5. The predicted molar refractivity (Wildman–Crippen MR) is 134 cm³/mol. The standard InChI is InChI=1S/C28H14F6Se2/c29-27(30,31)19-7-1-15(2-8-19)17-5-11-21-23(13-17)35-26-22-12-6-18(14-24(22)36-25(21)26)16-3-9-20(10-4-16)28(32,33)34/h1-14H. The Hall–Kier alpha value is -2.76. The molecule has 4 aromatic carbocycles. The Labute approximate surface area is 213 Å². The van der Waals surface area contributed by atoms with Gasteiger partial charge in [0.15, 0.2) is 0 Å². The first-order valence-electron chi connectivity index (χ1n) is 10.8. The first-order chi connectivity index (χ1) is 17.1. The van der Waals surface area contributed by atoms with Gasteiger partial charge in [0, 0.05) is 0 Å². The van der Waals surface area contributed by atoms with Crippen molar-refractivity contribution in [3.8, 4) is 22.3 Å². The van der Waals surface area contributed by atoms with Crippen LogP contribution in [0.3, 0.4) is 0 Å². The topological polar surface area (TPSA) is 0 Å². The summed E-state index contributed by atoms with van der Waals surface area (Å²) in [4.78, 5) is 0. The van der Waals surface area contributed by atoms with Gasteiger partial charge in [-0.2, -0.15) is 0 Å². The van der Waals surface area contributed by atoms with Gasteiger partial charge in [0.25, 0.3) is 0 Å². The van der Waals surface area contributed by atoms with Crippen molar-refractivity contribution in [2.45, 2.75) is 12.4 Å². The molecule has 0 spiro atoms. The van der Waals surface area contributed by atoms with E-state index in [1.807, 2.05) is 12.1 Å². The molecule has 0 unspecified atom stereocenters. The number of fused-ring (bicyclic) bond motifs is 5. The van der Waals surface area contributed by atoms with E-state index in [-0.39, 0.29) is 29.0 Å². The maximum absolute atomic E-state index is 12.9. The maximum atomic E-state index is 12.9. The van der Waals surface area contributed by atoms with E-state index in [0.717, 1.165) is 46.5 Å². The number of alkyl halides is 6. The average molecular weight is 622 g/mol. The molecule has 0 bridgehead atoms. The molecule has 0 fully saturated rings. The molecule has 6 aromatic rings. The summed E-state index contributed by atoms with van der Waals surface area (Å²) in [6, 6.07) is 22.7. The van der Waals surface area contributed by atoms with Gasteiger partial charge in [-0.15, -0.1) is 0 Å². The van der Waals surface area contributed by atoms with Crippen LogP contribution in [0.15, 0.2) is 84.9 Å². The molecule has 0 aliphatic rings. The van der Waals surface area contributed by atoms with Crippen LogP contribution in [0.2, 0.25) is 0 Å². The Bertz CT molecular complexity index is 1600. The van der Waals surface area contributed by atoms with Crippen LogP contribution in [0.1, 0.15) is 11.1 Å². The number of rotatable bonds is 2. The Kier molecular flexibility index (Phi) is 5.51. The number of hydrogen-bond donors (Lipinski definition) is 0. The molecule has 6 rings (SSSR count). The molecule has 0 aliphatic carbocycles. The van der Waals surface area contributed by atoms with Crippen LogP contribution in [0.4, 0.5) is 26.3 Å². The summed E-state index contributed by atoms with van der Waals surface area (Å²) in [6.07, 6.45) is -8.71. The fourth-order valence-corrected chi connectivity index (χ4v) is 10.8. The molecular formula is C28H14F6Se2. The Balaban J connectivity index is 1.37. The molecule has 0 saturated heterocycles. The van der Waals surface area contributed by atoms with Gasteiger partial charge in [-0.3, -0.25) is 0 Å². The zero-order valence-electron chi connectivity index (χ0n) is 18.2. The quantitative estimate of drug-likeness (QED) is 0.134. The summed E-state index contributed by atoms with van der Waals surface area (Å²) in [5, 5.41) is 2.40. The normalized spacial score (nSPS) is 12.7. The Morgan fingerprint density at radius 2 is 0.750 bits per heavy atom. The van der Waals surface area contributed by atoms with E-state index >= 15 is 0 Å². The van der Waals surface area contributed by atoms with E-state index in [1.54, 1.807) is 0 Å². The van der Waals surface area contributed by atoms with Crippen molar-refractivity contribution in [3.05, 3.63) is 96.1 Å². The van der Waals surface area contributed by atoms with Crippen molar-refractivity contribution in [2.24, 2.45) is 0 Å².